The van der Waals surface area contributed by atoms with E-state index in [1.54, 1.807) is 6.33 Å². The van der Waals surface area contributed by atoms with Gasteiger partial charge < -0.3 is 14.6 Å². The topological polar surface area (TPSA) is 56.1 Å². The molecule has 1 aromatic heterocycles. The van der Waals surface area contributed by atoms with Crippen LogP contribution in [0.15, 0.2) is 37.3 Å². The van der Waals surface area contributed by atoms with Crippen molar-refractivity contribution < 1.29 is 13.9 Å². The van der Waals surface area contributed by atoms with Gasteiger partial charge in [-0.2, -0.15) is 0 Å². The first kappa shape index (κ1) is 18.5. The van der Waals surface area contributed by atoms with E-state index < -0.39 is 5.82 Å². The number of nitrogens with zero attached hydrogens (tertiary/aromatic N) is 2. The lowest BCUT2D eigenvalue weighted by Gasteiger charge is -2.22. The third-order valence-electron chi connectivity index (χ3n) is 4.49. The van der Waals surface area contributed by atoms with Gasteiger partial charge in [-0.05, 0) is 25.0 Å². The molecule has 2 aromatic rings. The molecule has 0 bridgehead atoms. The van der Waals surface area contributed by atoms with E-state index in [4.69, 9.17) is 16.3 Å². The molecular weight excluding hydrogens is 357 g/mol. The Morgan fingerprint density at radius 3 is 2.96 bits per heavy atom. The minimum absolute atomic E-state index is 0.0141. The monoisotopic (exact) mass is 377 g/mol. The number of ether oxygens (including phenoxy) is 1. The van der Waals surface area contributed by atoms with Gasteiger partial charge in [-0.25, -0.2) is 9.37 Å². The fourth-order valence-electron chi connectivity index (χ4n) is 2.67. The van der Waals surface area contributed by atoms with E-state index in [-0.39, 0.29) is 23.3 Å². The molecule has 7 heteroatoms. The van der Waals surface area contributed by atoms with Gasteiger partial charge >= 0.3 is 0 Å². The van der Waals surface area contributed by atoms with Crippen LogP contribution in [-0.4, -0.2) is 28.6 Å². The lowest BCUT2D eigenvalue weighted by atomic mass is 9.83. The summed E-state index contributed by atoms with van der Waals surface area (Å²) < 4.78 is 20.5. The standard InChI is InChI=1S/C19H21ClFN3O2/c1-13(24-10-18(23-12-24)14-3-2-4-14)7-8-22-19(25)11-26-15-5-6-16(20)17(21)9-15/h5-6,9-10,12,14H,1-4,7-8,11H2,(H,22,25). The maximum absolute atomic E-state index is 13.3. The molecule has 1 heterocycles. The van der Waals surface area contributed by atoms with Crippen molar-refractivity contribution in [3.8, 4) is 5.75 Å². The van der Waals surface area contributed by atoms with Crippen molar-refractivity contribution in [2.45, 2.75) is 31.6 Å². The lowest BCUT2D eigenvalue weighted by Crippen LogP contribution is -2.30. The largest absolute Gasteiger partial charge is 0.484 e. The summed E-state index contributed by atoms with van der Waals surface area (Å²) >= 11 is 5.60. The highest BCUT2D eigenvalue weighted by Crippen LogP contribution is 2.35. The zero-order chi connectivity index (χ0) is 18.5. The molecule has 0 aliphatic heterocycles. The summed E-state index contributed by atoms with van der Waals surface area (Å²) in [5.74, 6) is -0.0246. The predicted molar refractivity (Wildman–Crippen MR) is 98.7 cm³/mol. The zero-order valence-corrected chi connectivity index (χ0v) is 15.1. The summed E-state index contributed by atoms with van der Waals surface area (Å²) in [6.07, 6.45) is 8.08. The summed E-state index contributed by atoms with van der Waals surface area (Å²) in [7, 11) is 0. The number of amides is 1. The molecule has 1 aliphatic carbocycles. The fourth-order valence-corrected chi connectivity index (χ4v) is 2.79. The van der Waals surface area contributed by atoms with Gasteiger partial charge in [0.2, 0.25) is 0 Å². The first-order chi connectivity index (χ1) is 12.5. The molecule has 3 rings (SSSR count). The number of carbonyl (C=O) groups is 1. The number of nitrogens with one attached hydrogen (secondary N) is 1. The van der Waals surface area contributed by atoms with Gasteiger partial charge in [0.1, 0.15) is 11.6 Å². The second kappa shape index (κ2) is 8.36. The van der Waals surface area contributed by atoms with Crippen LogP contribution in [0.4, 0.5) is 4.39 Å². The normalized spacial score (nSPS) is 13.9. The Balaban J connectivity index is 1.38. The molecule has 1 saturated carbocycles. The highest BCUT2D eigenvalue weighted by molar-refractivity contribution is 6.30. The summed E-state index contributed by atoms with van der Waals surface area (Å²) in [6, 6.07) is 4.05. The Labute approximate surface area is 156 Å². The molecule has 26 heavy (non-hydrogen) atoms. The number of hydrogen-bond acceptors (Lipinski definition) is 3. The summed E-state index contributed by atoms with van der Waals surface area (Å²) in [4.78, 5) is 16.3. The maximum atomic E-state index is 13.3. The minimum atomic E-state index is -0.581. The minimum Gasteiger partial charge on any atom is -0.484 e. The third-order valence-corrected chi connectivity index (χ3v) is 4.79. The van der Waals surface area contributed by atoms with Crippen LogP contribution in [0.25, 0.3) is 5.70 Å². The van der Waals surface area contributed by atoms with Gasteiger partial charge in [-0.15, -0.1) is 0 Å². The van der Waals surface area contributed by atoms with Crippen molar-refractivity contribution in [2.24, 2.45) is 0 Å². The van der Waals surface area contributed by atoms with E-state index in [2.05, 4.69) is 16.9 Å². The van der Waals surface area contributed by atoms with Gasteiger partial charge in [-0.1, -0.05) is 24.6 Å². The molecule has 138 valence electrons. The van der Waals surface area contributed by atoms with Crippen LogP contribution in [0.5, 0.6) is 5.75 Å². The first-order valence-electron chi connectivity index (χ1n) is 8.59. The summed E-state index contributed by atoms with van der Waals surface area (Å²) in [6.45, 7) is 4.28. The van der Waals surface area contributed by atoms with Crippen molar-refractivity contribution in [1.29, 1.82) is 0 Å². The van der Waals surface area contributed by atoms with Crippen LogP contribution in [-0.2, 0) is 4.79 Å². The molecule has 1 fully saturated rings. The van der Waals surface area contributed by atoms with E-state index in [1.807, 2.05) is 10.8 Å². The molecule has 0 radical (unpaired) electrons. The molecule has 5 nitrogen and oxygen atoms in total. The number of rotatable bonds is 8. The van der Waals surface area contributed by atoms with Crippen LogP contribution < -0.4 is 10.1 Å². The first-order valence-corrected chi connectivity index (χ1v) is 8.97. The van der Waals surface area contributed by atoms with Crippen LogP contribution in [0.1, 0.15) is 37.3 Å². The summed E-state index contributed by atoms with van der Waals surface area (Å²) in [5.41, 5.74) is 1.98. The van der Waals surface area contributed by atoms with E-state index in [0.29, 0.717) is 18.9 Å². The second-order valence-electron chi connectivity index (χ2n) is 6.36. The van der Waals surface area contributed by atoms with Crippen molar-refractivity contribution in [3.63, 3.8) is 0 Å². The molecule has 0 atom stereocenters. The van der Waals surface area contributed by atoms with Gasteiger partial charge in [-0.3, -0.25) is 4.79 Å². The Morgan fingerprint density at radius 2 is 2.27 bits per heavy atom. The Morgan fingerprint density at radius 1 is 1.46 bits per heavy atom. The number of imidazole rings is 1. The summed E-state index contributed by atoms with van der Waals surface area (Å²) in [5, 5.41) is 2.77. The Bertz CT molecular complexity index is 802. The van der Waals surface area contributed by atoms with Crippen LogP contribution >= 0.6 is 11.6 Å². The highest BCUT2D eigenvalue weighted by atomic mass is 35.5. The van der Waals surface area contributed by atoms with Crippen LogP contribution in [0.2, 0.25) is 5.02 Å². The number of hydrogen-bond donors (Lipinski definition) is 1. The van der Waals surface area contributed by atoms with E-state index in [1.165, 1.54) is 31.4 Å². The third kappa shape index (κ3) is 4.64. The van der Waals surface area contributed by atoms with E-state index in [0.717, 1.165) is 17.5 Å². The SMILES string of the molecule is C=C(CCNC(=O)COc1ccc(Cl)c(F)c1)n1cnc(C2CCC2)c1. The molecule has 1 aromatic carbocycles. The van der Waals surface area contributed by atoms with Crippen molar-refractivity contribution >= 4 is 23.2 Å². The molecule has 0 saturated heterocycles. The molecule has 1 N–H and O–H groups in total. The molecule has 0 unspecified atom stereocenters. The zero-order valence-electron chi connectivity index (χ0n) is 14.4. The molecule has 0 spiro atoms. The average Bonchev–Trinajstić information content (AvgIpc) is 3.04. The van der Waals surface area contributed by atoms with Gasteiger partial charge in [0.25, 0.3) is 5.91 Å². The van der Waals surface area contributed by atoms with Crippen molar-refractivity contribution in [2.75, 3.05) is 13.2 Å². The quantitative estimate of drug-likeness (QED) is 0.756. The predicted octanol–water partition coefficient (Wildman–Crippen LogP) is 4.00. The van der Waals surface area contributed by atoms with Crippen LogP contribution in [0, 0.1) is 5.82 Å². The van der Waals surface area contributed by atoms with E-state index >= 15 is 0 Å². The van der Waals surface area contributed by atoms with Gasteiger partial charge in [0.05, 0.1) is 17.0 Å². The van der Waals surface area contributed by atoms with Gasteiger partial charge in [0.15, 0.2) is 6.61 Å². The van der Waals surface area contributed by atoms with E-state index in [9.17, 15) is 9.18 Å². The Kier molecular flexibility index (Phi) is 5.93. The second-order valence-corrected chi connectivity index (χ2v) is 6.77. The lowest BCUT2D eigenvalue weighted by molar-refractivity contribution is -0.123. The number of aromatic nitrogens is 2. The molecule has 1 amide bonds. The number of benzene rings is 1. The Hall–Kier alpha value is -2.34. The highest BCUT2D eigenvalue weighted by Gasteiger charge is 2.21. The van der Waals surface area contributed by atoms with Gasteiger partial charge in [0, 0.05) is 36.8 Å². The number of halogens is 2. The average molecular weight is 378 g/mol. The van der Waals surface area contributed by atoms with Crippen molar-refractivity contribution in [1.82, 2.24) is 14.9 Å². The maximum Gasteiger partial charge on any atom is 0.257 e. The van der Waals surface area contributed by atoms with Crippen LogP contribution in [0.3, 0.4) is 0 Å². The molecule has 1 aliphatic rings. The fraction of sp³-hybridized carbons (Fsp3) is 0.368. The van der Waals surface area contributed by atoms with Crippen molar-refractivity contribution in [3.05, 3.63) is 53.8 Å². The number of carbonyl (C=O) groups excluding carboxylic acids is 1. The smallest absolute Gasteiger partial charge is 0.257 e. The molecular formula is C19H21ClFN3O2.